The number of carbonyl (C=O) groups excluding carboxylic acids is 2. The highest BCUT2D eigenvalue weighted by Gasteiger charge is 2.56. The van der Waals surface area contributed by atoms with Gasteiger partial charge in [0.15, 0.2) is 0 Å². The number of nitrogens with one attached hydrogen (secondary N) is 2. The van der Waals surface area contributed by atoms with Gasteiger partial charge in [0.05, 0.1) is 6.61 Å². The first-order valence-electron chi connectivity index (χ1n) is 10.6. The van der Waals surface area contributed by atoms with E-state index in [9.17, 15) is 9.59 Å². The van der Waals surface area contributed by atoms with Gasteiger partial charge in [0.1, 0.15) is 6.04 Å². The van der Waals surface area contributed by atoms with Crippen LogP contribution >= 0.6 is 0 Å². The Labute approximate surface area is 167 Å². The molecule has 5 nitrogen and oxygen atoms in total. The predicted molar refractivity (Wildman–Crippen MR) is 108 cm³/mol. The van der Waals surface area contributed by atoms with E-state index in [0.717, 1.165) is 42.6 Å². The van der Waals surface area contributed by atoms with Crippen molar-refractivity contribution in [2.24, 2.45) is 23.2 Å². The van der Waals surface area contributed by atoms with Crippen LogP contribution in [-0.2, 0) is 9.53 Å². The van der Waals surface area contributed by atoms with Gasteiger partial charge in [0, 0.05) is 24.6 Å². The largest absolute Gasteiger partial charge is 0.383 e. The van der Waals surface area contributed by atoms with Crippen LogP contribution in [-0.4, -0.2) is 38.1 Å². The monoisotopic (exact) mass is 384 g/mol. The fraction of sp³-hybridized carbons (Fsp3) is 0.652. The van der Waals surface area contributed by atoms with Gasteiger partial charge < -0.3 is 15.4 Å². The summed E-state index contributed by atoms with van der Waals surface area (Å²) in [5, 5.41) is 6.14. The van der Waals surface area contributed by atoms with Crippen molar-refractivity contribution in [1.29, 1.82) is 0 Å². The molecule has 0 aromatic heterocycles. The minimum Gasteiger partial charge on any atom is -0.383 e. The molecule has 1 atom stereocenters. The summed E-state index contributed by atoms with van der Waals surface area (Å²) >= 11 is 0. The van der Waals surface area contributed by atoms with Gasteiger partial charge in [-0.25, -0.2) is 0 Å². The zero-order chi connectivity index (χ0) is 19.7. The molecular formula is C23H32N2O3. The molecule has 0 spiro atoms. The summed E-state index contributed by atoms with van der Waals surface area (Å²) in [6, 6.07) is 7.08. The Morgan fingerprint density at radius 2 is 1.64 bits per heavy atom. The van der Waals surface area contributed by atoms with Gasteiger partial charge >= 0.3 is 0 Å². The summed E-state index contributed by atoms with van der Waals surface area (Å²) in [7, 11) is 1.63. The Balaban J connectivity index is 1.56. The molecular weight excluding hydrogens is 352 g/mol. The number of amides is 2. The Morgan fingerprint density at radius 3 is 2.18 bits per heavy atom. The molecule has 2 amide bonds. The van der Waals surface area contributed by atoms with Crippen LogP contribution in [0.3, 0.4) is 0 Å². The maximum Gasteiger partial charge on any atom is 0.251 e. The van der Waals surface area contributed by atoms with E-state index in [1.54, 1.807) is 7.11 Å². The van der Waals surface area contributed by atoms with Gasteiger partial charge in [-0.1, -0.05) is 17.7 Å². The van der Waals surface area contributed by atoms with Crippen molar-refractivity contribution in [1.82, 2.24) is 10.6 Å². The van der Waals surface area contributed by atoms with Crippen molar-refractivity contribution < 1.29 is 14.3 Å². The minimum absolute atomic E-state index is 0.0561. The predicted octanol–water partition coefficient (Wildman–Crippen LogP) is 3.07. The lowest BCUT2D eigenvalue weighted by atomic mass is 9.47. The summed E-state index contributed by atoms with van der Waals surface area (Å²) < 4.78 is 5.08. The molecule has 0 unspecified atom stereocenters. The molecule has 4 saturated carbocycles. The molecule has 4 fully saturated rings. The molecule has 5 heteroatoms. The smallest absolute Gasteiger partial charge is 0.251 e. The fourth-order valence-corrected chi connectivity index (χ4v) is 6.33. The van der Waals surface area contributed by atoms with Crippen molar-refractivity contribution in [3.8, 4) is 0 Å². The average Bonchev–Trinajstić information content (AvgIpc) is 2.65. The molecule has 1 aromatic rings. The Morgan fingerprint density at radius 1 is 1.07 bits per heavy atom. The van der Waals surface area contributed by atoms with Gasteiger partial charge in [-0.15, -0.1) is 0 Å². The second-order valence-corrected chi connectivity index (χ2v) is 9.34. The van der Waals surface area contributed by atoms with Crippen LogP contribution in [0.5, 0.6) is 0 Å². The SMILES string of the molecule is COCCNC(=O)[C@H](NC(=O)c1ccc(C)cc1)C12CC3CC(CC(C3)C1)C2. The van der Waals surface area contributed by atoms with E-state index in [-0.39, 0.29) is 17.2 Å². The van der Waals surface area contributed by atoms with E-state index in [1.165, 1.54) is 19.3 Å². The minimum atomic E-state index is -0.466. The third-order valence-corrected chi connectivity index (χ3v) is 7.15. The zero-order valence-corrected chi connectivity index (χ0v) is 17.0. The van der Waals surface area contributed by atoms with E-state index >= 15 is 0 Å². The number of hydrogen-bond donors (Lipinski definition) is 2. The third-order valence-electron chi connectivity index (χ3n) is 7.15. The first-order chi connectivity index (χ1) is 13.5. The normalized spacial score (nSPS) is 31.4. The van der Waals surface area contributed by atoms with E-state index in [4.69, 9.17) is 4.74 Å². The molecule has 0 radical (unpaired) electrons. The summed E-state index contributed by atoms with van der Waals surface area (Å²) in [4.78, 5) is 26.2. The van der Waals surface area contributed by atoms with Crippen molar-refractivity contribution in [3.63, 3.8) is 0 Å². The maximum absolute atomic E-state index is 13.2. The Kier molecular flexibility index (Phi) is 5.46. The lowest BCUT2D eigenvalue weighted by molar-refractivity contribution is -0.134. The third kappa shape index (κ3) is 3.82. The van der Waals surface area contributed by atoms with Gasteiger partial charge in [-0.2, -0.15) is 0 Å². The summed E-state index contributed by atoms with van der Waals surface area (Å²) in [5.41, 5.74) is 1.64. The average molecular weight is 385 g/mol. The van der Waals surface area contributed by atoms with E-state index in [0.29, 0.717) is 18.7 Å². The molecule has 152 valence electrons. The summed E-state index contributed by atoms with van der Waals surface area (Å²) in [6.07, 6.45) is 7.12. The topological polar surface area (TPSA) is 67.4 Å². The molecule has 1 aromatic carbocycles. The number of benzene rings is 1. The standard InChI is InChI=1S/C23H32N2O3/c1-15-3-5-19(6-4-15)21(26)25-20(22(27)24-7-8-28-2)23-12-16-9-17(13-23)11-18(10-16)14-23/h3-6,16-18,20H,7-14H2,1-2H3,(H,24,27)(H,25,26)/t16?,17?,18?,20-,23?/m0/s1. The number of hydrogen-bond acceptors (Lipinski definition) is 3. The van der Waals surface area contributed by atoms with Crippen molar-refractivity contribution in [2.75, 3.05) is 20.3 Å². The summed E-state index contributed by atoms with van der Waals surface area (Å²) in [6.45, 7) is 2.95. The van der Waals surface area contributed by atoms with Crippen molar-refractivity contribution in [2.45, 2.75) is 51.5 Å². The first-order valence-corrected chi connectivity index (χ1v) is 10.6. The van der Waals surface area contributed by atoms with Crippen LogP contribution in [0.1, 0.15) is 54.4 Å². The van der Waals surface area contributed by atoms with Gasteiger partial charge in [-0.3, -0.25) is 9.59 Å². The first kappa shape index (κ1) is 19.4. The second kappa shape index (κ2) is 7.86. The number of ether oxygens (including phenoxy) is 1. The van der Waals surface area contributed by atoms with Crippen LogP contribution < -0.4 is 10.6 Å². The lowest BCUT2D eigenvalue weighted by Gasteiger charge is -2.58. The number of methoxy groups -OCH3 is 1. The van der Waals surface area contributed by atoms with Crippen molar-refractivity contribution in [3.05, 3.63) is 35.4 Å². The zero-order valence-electron chi connectivity index (χ0n) is 17.0. The molecule has 0 heterocycles. The molecule has 0 aliphatic heterocycles. The van der Waals surface area contributed by atoms with Crippen LogP contribution in [0.4, 0.5) is 0 Å². The Bertz CT molecular complexity index is 693. The maximum atomic E-state index is 13.2. The quantitative estimate of drug-likeness (QED) is 0.710. The molecule has 0 saturated heterocycles. The van der Waals surface area contributed by atoms with Crippen LogP contribution in [0.25, 0.3) is 0 Å². The number of rotatable bonds is 7. The molecule has 4 bridgehead atoms. The molecule has 5 rings (SSSR count). The fourth-order valence-electron chi connectivity index (χ4n) is 6.33. The van der Waals surface area contributed by atoms with E-state index in [1.807, 2.05) is 31.2 Å². The number of carbonyl (C=O) groups is 2. The van der Waals surface area contributed by atoms with Gasteiger partial charge in [0.2, 0.25) is 5.91 Å². The highest BCUT2D eigenvalue weighted by Crippen LogP contribution is 2.61. The number of aryl methyl sites for hydroxylation is 1. The Hall–Kier alpha value is -1.88. The summed E-state index contributed by atoms with van der Waals surface area (Å²) in [5.74, 6) is 1.95. The lowest BCUT2D eigenvalue weighted by Crippen LogP contribution is -2.62. The molecule has 4 aliphatic rings. The molecule has 28 heavy (non-hydrogen) atoms. The van der Waals surface area contributed by atoms with Crippen LogP contribution in [0.2, 0.25) is 0 Å². The van der Waals surface area contributed by atoms with Crippen LogP contribution in [0, 0.1) is 30.1 Å². The second-order valence-electron chi connectivity index (χ2n) is 9.34. The van der Waals surface area contributed by atoms with E-state index < -0.39 is 6.04 Å². The highest BCUT2D eigenvalue weighted by molar-refractivity contribution is 5.97. The van der Waals surface area contributed by atoms with Crippen molar-refractivity contribution >= 4 is 11.8 Å². The van der Waals surface area contributed by atoms with E-state index in [2.05, 4.69) is 10.6 Å². The molecule has 4 aliphatic carbocycles. The van der Waals surface area contributed by atoms with Gasteiger partial charge in [0.25, 0.3) is 5.91 Å². The van der Waals surface area contributed by atoms with Gasteiger partial charge in [-0.05, 0) is 75.3 Å². The molecule has 2 N–H and O–H groups in total. The highest BCUT2D eigenvalue weighted by atomic mass is 16.5. The van der Waals surface area contributed by atoms with Crippen LogP contribution in [0.15, 0.2) is 24.3 Å².